The van der Waals surface area contributed by atoms with Gasteiger partial charge in [0.2, 0.25) is 0 Å². The van der Waals surface area contributed by atoms with Crippen molar-refractivity contribution in [2.24, 2.45) is 0 Å². The zero-order chi connectivity index (χ0) is 11.4. The molecule has 80 valence electrons. The van der Waals surface area contributed by atoms with Crippen molar-refractivity contribution in [3.8, 4) is 11.5 Å². The summed E-state index contributed by atoms with van der Waals surface area (Å²) in [5.74, 6) is -1.09. The van der Waals surface area contributed by atoms with Crippen molar-refractivity contribution in [1.82, 2.24) is 4.98 Å². The van der Waals surface area contributed by atoms with Crippen LogP contribution in [0.15, 0.2) is 12.3 Å². The summed E-state index contributed by atoms with van der Waals surface area (Å²) in [6.07, 6.45) is 1.21. The smallest absolute Gasteiger partial charge is 0.185 e. The Hall–Kier alpha value is -1.91. The van der Waals surface area contributed by atoms with Crippen LogP contribution in [-0.2, 0) is 4.79 Å². The average molecular weight is 209 g/mol. The van der Waals surface area contributed by atoms with Crippen molar-refractivity contribution in [2.75, 3.05) is 0 Å². The van der Waals surface area contributed by atoms with Gasteiger partial charge in [0.15, 0.2) is 5.78 Å². The second-order valence-electron chi connectivity index (χ2n) is 3.19. The highest BCUT2D eigenvalue weighted by atomic mass is 16.3. The number of aromatic nitrogens is 1. The maximum Gasteiger partial charge on any atom is 0.185 e. The molecule has 0 spiro atoms. The lowest BCUT2D eigenvalue weighted by Crippen LogP contribution is -2.04. The molecule has 0 amide bonds. The number of Topliss-reactive ketones (excluding diaryl/α,β-unsaturated/α-hetero) is 2. The van der Waals surface area contributed by atoms with Crippen LogP contribution in [0.25, 0.3) is 0 Å². The monoisotopic (exact) mass is 209 g/mol. The Bertz CT molecular complexity index is 400. The second kappa shape index (κ2) is 4.54. The van der Waals surface area contributed by atoms with Gasteiger partial charge < -0.3 is 15.0 Å². The molecule has 1 heterocycles. The van der Waals surface area contributed by atoms with Crippen LogP contribution < -0.4 is 0 Å². The lowest BCUT2D eigenvalue weighted by atomic mass is 10.1. The number of nitrogens with zero attached hydrogens (tertiary/aromatic N) is 1. The molecule has 0 fully saturated rings. The maximum atomic E-state index is 11.4. The molecule has 0 aliphatic rings. The normalized spacial score (nSPS) is 9.93. The molecule has 15 heavy (non-hydrogen) atoms. The summed E-state index contributed by atoms with van der Waals surface area (Å²) < 4.78 is 0. The molecule has 0 aromatic carbocycles. The molecule has 1 aromatic heterocycles. The fraction of sp³-hybridized carbons (Fsp3) is 0.300. The van der Waals surface area contributed by atoms with E-state index in [1.165, 1.54) is 6.92 Å². The minimum Gasteiger partial charge on any atom is -0.506 e. The molecule has 0 aliphatic heterocycles. The molecule has 2 N–H and O–H groups in total. The van der Waals surface area contributed by atoms with E-state index < -0.39 is 5.78 Å². The fourth-order valence-electron chi connectivity index (χ4n) is 1.07. The van der Waals surface area contributed by atoms with Crippen LogP contribution in [0.4, 0.5) is 0 Å². The standard InChI is InChI=1S/C10H11NO4/c1-6(12)2-3-8(14)10-9(15)4-7(13)5-11-10/h4-5,13,15H,2-3H2,1H3. The summed E-state index contributed by atoms with van der Waals surface area (Å²) in [6.45, 7) is 1.39. The molecule has 0 aliphatic carbocycles. The van der Waals surface area contributed by atoms with Crippen LogP contribution in [0.3, 0.4) is 0 Å². The van der Waals surface area contributed by atoms with Crippen LogP contribution in [-0.4, -0.2) is 26.8 Å². The van der Waals surface area contributed by atoms with Gasteiger partial charge in [0.05, 0.1) is 6.20 Å². The highest BCUT2D eigenvalue weighted by Crippen LogP contribution is 2.21. The van der Waals surface area contributed by atoms with Crippen molar-refractivity contribution < 1.29 is 19.8 Å². The van der Waals surface area contributed by atoms with Crippen LogP contribution in [0.2, 0.25) is 0 Å². The Kier molecular flexibility index (Phi) is 3.38. The predicted octanol–water partition coefficient (Wildman–Crippen LogP) is 1.04. The SMILES string of the molecule is CC(=O)CCC(=O)c1ncc(O)cc1O. The maximum absolute atomic E-state index is 11.4. The van der Waals surface area contributed by atoms with Gasteiger partial charge in [0.1, 0.15) is 23.0 Å². The number of hydrogen-bond donors (Lipinski definition) is 2. The quantitative estimate of drug-likeness (QED) is 0.723. The summed E-state index contributed by atoms with van der Waals surface area (Å²) in [7, 11) is 0. The van der Waals surface area contributed by atoms with E-state index in [-0.39, 0.29) is 35.8 Å². The van der Waals surface area contributed by atoms with Gasteiger partial charge in [-0.3, -0.25) is 4.79 Å². The minimum atomic E-state index is -0.414. The molecular formula is C10H11NO4. The molecule has 1 aromatic rings. The van der Waals surface area contributed by atoms with E-state index in [2.05, 4.69) is 4.98 Å². The molecule has 0 radical (unpaired) electrons. The number of ketones is 2. The van der Waals surface area contributed by atoms with Crippen LogP contribution in [0.5, 0.6) is 11.5 Å². The summed E-state index contributed by atoms with van der Waals surface area (Å²) in [6, 6.07) is 1.04. The Morgan fingerprint density at radius 3 is 2.53 bits per heavy atom. The molecule has 5 heteroatoms. The number of aromatic hydroxyl groups is 2. The van der Waals surface area contributed by atoms with Crippen molar-refractivity contribution in [1.29, 1.82) is 0 Å². The number of carbonyl (C=O) groups is 2. The van der Waals surface area contributed by atoms with Crippen molar-refractivity contribution in [3.05, 3.63) is 18.0 Å². The summed E-state index contributed by atoms with van der Waals surface area (Å²) in [5, 5.41) is 18.2. The molecule has 0 saturated carbocycles. The Balaban J connectivity index is 2.78. The fourth-order valence-corrected chi connectivity index (χ4v) is 1.07. The largest absolute Gasteiger partial charge is 0.506 e. The highest BCUT2D eigenvalue weighted by Gasteiger charge is 2.13. The zero-order valence-electron chi connectivity index (χ0n) is 8.23. The van der Waals surface area contributed by atoms with Gasteiger partial charge in [-0.2, -0.15) is 0 Å². The Morgan fingerprint density at radius 1 is 1.33 bits per heavy atom. The van der Waals surface area contributed by atoms with Gasteiger partial charge in [0, 0.05) is 18.9 Å². The Morgan fingerprint density at radius 2 is 2.00 bits per heavy atom. The van der Waals surface area contributed by atoms with E-state index in [0.717, 1.165) is 12.3 Å². The van der Waals surface area contributed by atoms with Crippen LogP contribution >= 0.6 is 0 Å². The van der Waals surface area contributed by atoms with Gasteiger partial charge in [-0.1, -0.05) is 0 Å². The highest BCUT2D eigenvalue weighted by molar-refractivity contribution is 5.98. The third-order valence-electron chi connectivity index (χ3n) is 1.82. The molecule has 0 bridgehead atoms. The number of carbonyl (C=O) groups excluding carboxylic acids is 2. The van der Waals surface area contributed by atoms with E-state index in [9.17, 15) is 14.7 Å². The predicted molar refractivity (Wildman–Crippen MR) is 51.8 cm³/mol. The number of hydrogen-bond acceptors (Lipinski definition) is 5. The van der Waals surface area contributed by atoms with E-state index in [0.29, 0.717) is 0 Å². The molecule has 5 nitrogen and oxygen atoms in total. The molecule has 0 atom stereocenters. The molecular weight excluding hydrogens is 198 g/mol. The third kappa shape index (κ3) is 3.05. The van der Waals surface area contributed by atoms with Gasteiger partial charge in [-0.05, 0) is 6.92 Å². The van der Waals surface area contributed by atoms with Crippen molar-refractivity contribution in [3.63, 3.8) is 0 Å². The van der Waals surface area contributed by atoms with Crippen LogP contribution in [0.1, 0.15) is 30.3 Å². The van der Waals surface area contributed by atoms with Gasteiger partial charge in [-0.15, -0.1) is 0 Å². The molecule has 0 saturated heterocycles. The van der Waals surface area contributed by atoms with Gasteiger partial charge in [0.25, 0.3) is 0 Å². The van der Waals surface area contributed by atoms with E-state index in [1.54, 1.807) is 0 Å². The second-order valence-corrected chi connectivity index (χ2v) is 3.19. The lowest BCUT2D eigenvalue weighted by Gasteiger charge is -2.01. The van der Waals surface area contributed by atoms with E-state index >= 15 is 0 Å². The number of rotatable bonds is 4. The Labute approximate surface area is 86.4 Å². The zero-order valence-corrected chi connectivity index (χ0v) is 8.23. The number of pyridine rings is 1. The summed E-state index contributed by atoms with van der Waals surface area (Å²) in [4.78, 5) is 25.7. The minimum absolute atomic E-state index is 0.0146. The summed E-state index contributed by atoms with van der Waals surface area (Å²) in [5.41, 5.74) is -0.117. The first-order chi connectivity index (χ1) is 7.00. The molecule has 0 unspecified atom stereocenters. The first kappa shape index (κ1) is 11.2. The van der Waals surface area contributed by atoms with E-state index in [1.807, 2.05) is 0 Å². The van der Waals surface area contributed by atoms with Gasteiger partial charge in [-0.25, -0.2) is 4.98 Å². The van der Waals surface area contributed by atoms with E-state index in [4.69, 9.17) is 5.11 Å². The topological polar surface area (TPSA) is 87.5 Å². The lowest BCUT2D eigenvalue weighted by molar-refractivity contribution is -0.116. The first-order valence-corrected chi connectivity index (χ1v) is 4.41. The first-order valence-electron chi connectivity index (χ1n) is 4.41. The molecule has 1 rings (SSSR count). The van der Waals surface area contributed by atoms with Crippen LogP contribution in [0, 0.1) is 0 Å². The van der Waals surface area contributed by atoms with Crippen molar-refractivity contribution >= 4 is 11.6 Å². The van der Waals surface area contributed by atoms with Gasteiger partial charge >= 0.3 is 0 Å². The third-order valence-corrected chi connectivity index (χ3v) is 1.82. The average Bonchev–Trinajstić information content (AvgIpc) is 2.14. The summed E-state index contributed by atoms with van der Waals surface area (Å²) >= 11 is 0. The van der Waals surface area contributed by atoms with Crippen molar-refractivity contribution in [2.45, 2.75) is 19.8 Å².